The lowest BCUT2D eigenvalue weighted by atomic mass is 10.6. The van der Waals surface area contributed by atoms with Crippen molar-refractivity contribution in [1.82, 2.24) is 0 Å². The Bertz CT molecular complexity index is 110. The Kier molecular flexibility index (Phi) is 13.2. The third-order valence-corrected chi connectivity index (χ3v) is 4.86. The van der Waals surface area contributed by atoms with Gasteiger partial charge in [0.05, 0.1) is 14.9 Å². The van der Waals surface area contributed by atoms with E-state index in [0.717, 1.165) is 0 Å². The molecule has 0 aromatic heterocycles. The molecule has 0 aliphatic rings. The Balaban J connectivity index is 0. The fraction of sp³-hybridized carbons (Fsp3) is 1.00. The highest BCUT2D eigenvalue weighted by Gasteiger charge is 2.02. The lowest BCUT2D eigenvalue weighted by Crippen LogP contribution is -2.58. The van der Waals surface area contributed by atoms with E-state index in [2.05, 4.69) is 20.8 Å². The molecule has 0 fully saturated rings. The molecule has 0 rings (SSSR count). The van der Waals surface area contributed by atoms with Gasteiger partial charge in [0.2, 0.25) is 0 Å². The third-order valence-electron chi connectivity index (χ3n) is 1.62. The Hall–Kier alpha value is 0.560. The minimum atomic E-state index is -4.69. The molecular formula is C9H22ClO4P. The summed E-state index contributed by atoms with van der Waals surface area (Å²) in [5.74, 6) is 0. The number of hydrogen-bond donors (Lipinski definition) is 1. The van der Waals surface area contributed by atoms with Crippen molar-refractivity contribution in [3.8, 4) is 0 Å². The van der Waals surface area contributed by atoms with Crippen molar-refractivity contribution >= 4 is 7.92 Å². The Morgan fingerprint density at radius 1 is 0.867 bits per heavy atom. The van der Waals surface area contributed by atoms with Crippen molar-refractivity contribution in [1.29, 1.82) is 0 Å². The van der Waals surface area contributed by atoms with Gasteiger partial charge in [0, 0.05) is 0 Å². The molecule has 0 saturated heterocycles. The van der Waals surface area contributed by atoms with Gasteiger partial charge in [-0.15, -0.1) is 7.92 Å². The molecule has 0 aliphatic carbocycles. The van der Waals surface area contributed by atoms with Crippen LogP contribution < -0.4 is 14.0 Å². The van der Waals surface area contributed by atoms with Crippen molar-refractivity contribution in [2.45, 2.75) is 40.0 Å². The molecule has 94 valence electrons. The monoisotopic (exact) mass is 260 g/mol. The van der Waals surface area contributed by atoms with Gasteiger partial charge in [-0.05, 0) is 18.5 Å². The van der Waals surface area contributed by atoms with Crippen LogP contribution in [-0.4, -0.2) is 23.1 Å². The van der Waals surface area contributed by atoms with Crippen molar-refractivity contribution < 1.29 is 28.9 Å². The van der Waals surface area contributed by atoms with Gasteiger partial charge in [-0.25, -0.2) is 0 Å². The van der Waals surface area contributed by atoms with Crippen molar-refractivity contribution in [3.63, 3.8) is 0 Å². The molecule has 0 unspecified atom stereocenters. The van der Waals surface area contributed by atoms with Crippen LogP contribution in [0.4, 0.5) is 0 Å². The van der Waals surface area contributed by atoms with Crippen LogP contribution in [0.2, 0.25) is 0 Å². The van der Waals surface area contributed by atoms with Crippen molar-refractivity contribution in [3.05, 3.63) is 0 Å². The molecule has 0 amide bonds. The van der Waals surface area contributed by atoms with Crippen molar-refractivity contribution in [2.75, 3.05) is 18.5 Å². The lowest BCUT2D eigenvalue weighted by Gasteiger charge is -2.13. The van der Waals surface area contributed by atoms with Crippen LogP contribution in [0.25, 0.3) is 0 Å². The molecule has 0 radical (unpaired) electrons. The highest BCUT2D eigenvalue weighted by Crippen LogP contribution is 2.37. The molecule has 1 N–H and O–H groups in total. The average Bonchev–Trinajstić information content (AvgIpc) is 2.02. The van der Waals surface area contributed by atoms with Crippen molar-refractivity contribution in [2.24, 2.45) is 0 Å². The van der Waals surface area contributed by atoms with Gasteiger partial charge >= 0.3 is 0 Å². The molecule has 0 bridgehead atoms. The summed E-state index contributed by atoms with van der Waals surface area (Å²) >= 11 is 0. The standard InChI is InChI=1S/C9H21P.ClHO4/c1-4-7-10(8-5-2)9-6-3;2-1(3,4)5/h4-9H2,1-3H3;(H,2,3,4,5). The van der Waals surface area contributed by atoms with Crippen LogP contribution in [0, 0.1) is 10.2 Å². The van der Waals surface area contributed by atoms with Crippen LogP contribution in [-0.2, 0) is 0 Å². The van der Waals surface area contributed by atoms with Gasteiger partial charge < -0.3 is 0 Å². The van der Waals surface area contributed by atoms with E-state index in [9.17, 15) is 0 Å². The summed E-state index contributed by atoms with van der Waals surface area (Å²) < 4.78 is 32.7. The second kappa shape index (κ2) is 11.1. The molecule has 0 atom stereocenters. The molecular weight excluding hydrogens is 239 g/mol. The minimum Gasteiger partial charge on any atom is -0.183 e. The summed E-state index contributed by atoms with van der Waals surface area (Å²) in [6, 6.07) is 0. The van der Waals surface area contributed by atoms with Gasteiger partial charge in [0.1, 0.15) is 0 Å². The summed E-state index contributed by atoms with van der Waals surface area (Å²) in [4.78, 5) is 0. The largest absolute Gasteiger partial charge is 0.183 e. The van der Waals surface area contributed by atoms with E-state index >= 15 is 0 Å². The first-order valence-corrected chi connectivity index (χ1v) is 8.36. The van der Waals surface area contributed by atoms with E-state index < -0.39 is 10.2 Å². The van der Waals surface area contributed by atoms with Crippen LogP contribution in [0.15, 0.2) is 0 Å². The minimum absolute atomic E-state index is 0.439. The number of halogens is 1. The van der Waals surface area contributed by atoms with E-state index in [1.807, 2.05) is 0 Å². The topological polar surface area (TPSA) is 89.4 Å². The Morgan fingerprint density at radius 2 is 1.07 bits per heavy atom. The highest BCUT2D eigenvalue weighted by molar-refractivity contribution is 7.57. The average molecular weight is 261 g/mol. The smallest absolute Gasteiger partial charge is 0.0777 e. The third kappa shape index (κ3) is 25.1. The van der Waals surface area contributed by atoms with Gasteiger partial charge in [-0.3, -0.25) is 0 Å². The SMILES string of the molecule is CCCP(CCC)CCC.[O-][Cl+3]([O-])([O-])O. The summed E-state index contributed by atoms with van der Waals surface area (Å²) in [5.41, 5.74) is 0. The molecule has 0 aromatic carbocycles. The second-order valence-electron chi connectivity index (χ2n) is 3.24. The normalized spacial score (nSPS) is 11.2. The molecule has 0 spiro atoms. The predicted octanol–water partition coefficient (Wildman–Crippen LogP) is -0.426. The summed E-state index contributed by atoms with van der Waals surface area (Å²) in [6.45, 7) is 6.92. The zero-order valence-electron chi connectivity index (χ0n) is 9.74. The quantitative estimate of drug-likeness (QED) is 0.657. The highest BCUT2D eigenvalue weighted by atomic mass is 35.7. The van der Waals surface area contributed by atoms with Gasteiger partial charge in [0.15, 0.2) is 0 Å². The zero-order chi connectivity index (χ0) is 12.3. The van der Waals surface area contributed by atoms with E-state index in [1.54, 1.807) is 0 Å². The number of rotatable bonds is 6. The van der Waals surface area contributed by atoms with E-state index in [0.29, 0.717) is 7.92 Å². The van der Waals surface area contributed by atoms with Crippen LogP contribution in [0.1, 0.15) is 40.0 Å². The van der Waals surface area contributed by atoms with Gasteiger partial charge in [0.25, 0.3) is 0 Å². The fourth-order valence-electron chi connectivity index (χ4n) is 1.28. The Morgan fingerprint density at radius 3 is 1.20 bits per heavy atom. The molecule has 0 saturated carbocycles. The maximum absolute atomic E-state index is 8.60. The van der Waals surface area contributed by atoms with E-state index in [4.69, 9.17) is 18.6 Å². The van der Waals surface area contributed by atoms with E-state index in [-0.39, 0.29) is 0 Å². The van der Waals surface area contributed by atoms with Crippen LogP contribution >= 0.6 is 7.92 Å². The first-order valence-electron chi connectivity index (χ1n) is 5.20. The first kappa shape index (κ1) is 17.9. The first-order chi connectivity index (χ1) is 6.85. The van der Waals surface area contributed by atoms with Crippen LogP contribution in [0.3, 0.4) is 0 Å². The molecule has 6 heteroatoms. The predicted molar refractivity (Wildman–Crippen MR) is 54.6 cm³/mol. The second-order valence-corrected chi connectivity index (χ2v) is 6.71. The fourth-order valence-corrected chi connectivity index (χ4v) is 3.85. The Labute approximate surface area is 95.8 Å². The molecule has 4 nitrogen and oxygen atoms in total. The summed E-state index contributed by atoms with van der Waals surface area (Å²) in [5, 5.41) is 0. The van der Waals surface area contributed by atoms with Gasteiger partial charge in [-0.1, -0.05) is 40.0 Å². The maximum atomic E-state index is 8.60. The molecule has 15 heavy (non-hydrogen) atoms. The zero-order valence-corrected chi connectivity index (χ0v) is 11.4. The molecule has 0 aliphatic heterocycles. The van der Waals surface area contributed by atoms with Gasteiger partial charge in [-0.2, -0.15) is 14.0 Å². The van der Waals surface area contributed by atoms with Crippen LogP contribution in [0.5, 0.6) is 0 Å². The number of hydrogen-bond acceptors (Lipinski definition) is 4. The summed E-state index contributed by atoms with van der Waals surface area (Å²) in [7, 11) is -4.26. The molecule has 0 aromatic rings. The van der Waals surface area contributed by atoms with E-state index in [1.165, 1.54) is 37.7 Å². The maximum Gasteiger partial charge on any atom is 0.0777 e. The lowest BCUT2D eigenvalue weighted by molar-refractivity contribution is -1.92. The molecule has 0 heterocycles. The summed E-state index contributed by atoms with van der Waals surface area (Å²) in [6.07, 6.45) is 8.72.